The summed E-state index contributed by atoms with van der Waals surface area (Å²) in [5.41, 5.74) is -1.63. The molecule has 0 unspecified atom stereocenters. The van der Waals surface area contributed by atoms with Crippen LogP contribution in [0.5, 0.6) is 11.5 Å². The average Bonchev–Trinajstić information content (AvgIpc) is 2.56. The normalized spacial score (nSPS) is 11.3. The first-order chi connectivity index (χ1) is 12.1. The van der Waals surface area contributed by atoms with Gasteiger partial charge in [0.25, 0.3) is 0 Å². The Morgan fingerprint density at radius 2 is 1.77 bits per heavy atom. The van der Waals surface area contributed by atoms with E-state index in [9.17, 15) is 26.7 Å². The second-order valence-electron chi connectivity index (χ2n) is 5.43. The van der Waals surface area contributed by atoms with Crippen molar-refractivity contribution >= 4 is 5.97 Å². The molecule has 8 heteroatoms. The monoisotopic (exact) mass is 374 g/mol. The van der Waals surface area contributed by atoms with Gasteiger partial charge in [0.2, 0.25) is 0 Å². The largest absolute Gasteiger partial charge is 0.488 e. The van der Waals surface area contributed by atoms with E-state index in [1.54, 1.807) is 0 Å². The van der Waals surface area contributed by atoms with Crippen LogP contribution < -0.4 is 9.47 Å². The van der Waals surface area contributed by atoms with Gasteiger partial charge < -0.3 is 9.47 Å². The van der Waals surface area contributed by atoms with Gasteiger partial charge in [-0.25, -0.2) is 8.78 Å². The minimum atomic E-state index is -4.78. The van der Waals surface area contributed by atoms with E-state index in [1.165, 1.54) is 26.0 Å². The SMILES string of the molecule is CCC(=O)Oc1cccc(F)c1COc1cc(F)c(C)cc1C(F)(F)F. The molecule has 0 fully saturated rings. The van der Waals surface area contributed by atoms with Crippen molar-refractivity contribution in [3.05, 3.63) is 58.7 Å². The first-order valence-corrected chi connectivity index (χ1v) is 7.61. The van der Waals surface area contributed by atoms with E-state index in [2.05, 4.69) is 0 Å². The lowest BCUT2D eigenvalue weighted by molar-refractivity contribution is -0.139. The lowest BCUT2D eigenvalue weighted by Gasteiger charge is -2.16. The van der Waals surface area contributed by atoms with Gasteiger partial charge in [-0.3, -0.25) is 4.79 Å². The van der Waals surface area contributed by atoms with E-state index >= 15 is 0 Å². The molecule has 0 N–H and O–H groups in total. The Kier molecular flexibility index (Phi) is 5.84. The molecule has 0 atom stereocenters. The van der Waals surface area contributed by atoms with E-state index in [-0.39, 0.29) is 23.3 Å². The number of alkyl halides is 3. The predicted octanol–water partition coefficient (Wildman–Crippen LogP) is 5.19. The number of carbonyl (C=O) groups is 1. The Morgan fingerprint density at radius 3 is 2.38 bits per heavy atom. The second kappa shape index (κ2) is 7.72. The van der Waals surface area contributed by atoms with Gasteiger partial charge in [-0.15, -0.1) is 0 Å². The quantitative estimate of drug-likeness (QED) is 0.411. The van der Waals surface area contributed by atoms with Crippen LogP contribution in [0.15, 0.2) is 30.3 Å². The minimum Gasteiger partial charge on any atom is -0.488 e. The molecule has 0 saturated heterocycles. The zero-order valence-electron chi connectivity index (χ0n) is 13.9. The van der Waals surface area contributed by atoms with Crippen molar-refractivity contribution in [1.29, 1.82) is 0 Å². The number of hydrogen-bond donors (Lipinski definition) is 0. The molecule has 0 amide bonds. The number of aryl methyl sites for hydroxylation is 1. The van der Waals surface area contributed by atoms with Crippen LogP contribution in [0.4, 0.5) is 22.0 Å². The highest BCUT2D eigenvalue weighted by atomic mass is 19.4. The average molecular weight is 374 g/mol. The molecule has 3 nitrogen and oxygen atoms in total. The molecule has 0 aromatic heterocycles. The first kappa shape index (κ1) is 19.7. The maximum Gasteiger partial charge on any atom is 0.419 e. The molecule has 2 aromatic carbocycles. The Balaban J connectivity index is 2.35. The number of hydrogen-bond acceptors (Lipinski definition) is 3. The highest BCUT2D eigenvalue weighted by molar-refractivity contribution is 5.72. The van der Waals surface area contributed by atoms with Crippen LogP contribution in [0.1, 0.15) is 30.0 Å². The van der Waals surface area contributed by atoms with E-state index in [0.717, 1.165) is 6.07 Å². The summed E-state index contributed by atoms with van der Waals surface area (Å²) in [5.74, 6) is -3.31. The van der Waals surface area contributed by atoms with Crippen molar-refractivity contribution < 1.29 is 36.2 Å². The van der Waals surface area contributed by atoms with Crippen LogP contribution in [0.2, 0.25) is 0 Å². The van der Waals surface area contributed by atoms with Gasteiger partial charge in [0.15, 0.2) is 0 Å². The fourth-order valence-corrected chi connectivity index (χ4v) is 2.12. The lowest BCUT2D eigenvalue weighted by Crippen LogP contribution is -2.12. The van der Waals surface area contributed by atoms with Crippen molar-refractivity contribution in [2.45, 2.75) is 33.1 Å². The fraction of sp³-hybridized carbons (Fsp3) is 0.278. The Morgan fingerprint density at radius 1 is 1.08 bits per heavy atom. The Hall–Kier alpha value is -2.64. The molecular weight excluding hydrogens is 359 g/mol. The first-order valence-electron chi connectivity index (χ1n) is 7.61. The second-order valence-corrected chi connectivity index (χ2v) is 5.43. The number of esters is 1. The van der Waals surface area contributed by atoms with Crippen LogP contribution in [-0.2, 0) is 17.6 Å². The van der Waals surface area contributed by atoms with Crippen LogP contribution in [0.3, 0.4) is 0 Å². The van der Waals surface area contributed by atoms with Gasteiger partial charge >= 0.3 is 12.1 Å². The van der Waals surface area contributed by atoms with Gasteiger partial charge in [-0.1, -0.05) is 13.0 Å². The lowest BCUT2D eigenvalue weighted by atomic mass is 10.1. The highest BCUT2D eigenvalue weighted by Gasteiger charge is 2.35. The van der Waals surface area contributed by atoms with E-state index in [1.807, 2.05) is 0 Å². The summed E-state index contributed by atoms with van der Waals surface area (Å²) in [6.07, 6.45) is -4.75. The molecule has 0 spiro atoms. The molecule has 0 aliphatic rings. The smallest absolute Gasteiger partial charge is 0.419 e. The summed E-state index contributed by atoms with van der Waals surface area (Å²) in [5, 5.41) is 0. The van der Waals surface area contributed by atoms with Crippen molar-refractivity contribution in [1.82, 2.24) is 0 Å². The molecule has 0 bridgehead atoms. The van der Waals surface area contributed by atoms with Crippen LogP contribution in [-0.4, -0.2) is 5.97 Å². The Labute approximate surface area is 146 Å². The standard InChI is InChI=1S/C18H15F5O3/c1-3-17(24)26-15-6-4-5-13(19)11(15)9-25-16-8-14(20)10(2)7-12(16)18(21,22)23/h4-8H,3,9H2,1-2H3. The minimum absolute atomic E-state index is 0.0260. The zero-order chi connectivity index (χ0) is 19.5. The molecule has 140 valence electrons. The third kappa shape index (κ3) is 4.50. The van der Waals surface area contributed by atoms with Crippen LogP contribution >= 0.6 is 0 Å². The van der Waals surface area contributed by atoms with Crippen LogP contribution in [0, 0.1) is 18.6 Å². The number of benzene rings is 2. The van der Waals surface area contributed by atoms with Crippen molar-refractivity contribution in [2.75, 3.05) is 0 Å². The molecule has 0 aliphatic heterocycles. The number of carbonyl (C=O) groups excluding carboxylic acids is 1. The molecular formula is C18H15F5O3. The van der Waals surface area contributed by atoms with E-state index in [0.29, 0.717) is 12.1 Å². The van der Waals surface area contributed by atoms with Crippen molar-refractivity contribution in [2.24, 2.45) is 0 Å². The van der Waals surface area contributed by atoms with Gasteiger partial charge in [-0.05, 0) is 30.7 Å². The number of rotatable bonds is 5. The molecule has 26 heavy (non-hydrogen) atoms. The molecule has 0 heterocycles. The molecule has 0 aliphatic carbocycles. The third-order valence-corrected chi connectivity index (χ3v) is 3.53. The van der Waals surface area contributed by atoms with E-state index < -0.39 is 41.7 Å². The zero-order valence-corrected chi connectivity index (χ0v) is 13.9. The molecule has 0 radical (unpaired) electrons. The van der Waals surface area contributed by atoms with Gasteiger partial charge in [0, 0.05) is 12.5 Å². The predicted molar refractivity (Wildman–Crippen MR) is 82.8 cm³/mol. The summed E-state index contributed by atoms with van der Waals surface area (Å²) in [7, 11) is 0. The highest BCUT2D eigenvalue weighted by Crippen LogP contribution is 2.38. The van der Waals surface area contributed by atoms with Gasteiger partial charge in [0.05, 0.1) is 11.1 Å². The summed E-state index contributed by atoms with van der Waals surface area (Å²) in [6, 6.07) is 4.82. The third-order valence-electron chi connectivity index (χ3n) is 3.53. The summed E-state index contributed by atoms with van der Waals surface area (Å²) in [6.45, 7) is 2.04. The Bertz CT molecular complexity index is 815. The summed E-state index contributed by atoms with van der Waals surface area (Å²) in [4.78, 5) is 11.4. The number of ether oxygens (including phenoxy) is 2. The summed E-state index contributed by atoms with van der Waals surface area (Å²) >= 11 is 0. The molecule has 2 rings (SSSR count). The van der Waals surface area contributed by atoms with Crippen molar-refractivity contribution in [3.8, 4) is 11.5 Å². The topological polar surface area (TPSA) is 35.5 Å². The van der Waals surface area contributed by atoms with Gasteiger partial charge in [0.1, 0.15) is 29.7 Å². The van der Waals surface area contributed by atoms with Crippen LogP contribution in [0.25, 0.3) is 0 Å². The van der Waals surface area contributed by atoms with Crippen molar-refractivity contribution in [3.63, 3.8) is 0 Å². The maximum absolute atomic E-state index is 14.0. The van der Waals surface area contributed by atoms with E-state index in [4.69, 9.17) is 9.47 Å². The number of halogens is 5. The fourth-order valence-electron chi connectivity index (χ4n) is 2.12. The maximum atomic E-state index is 14.0. The summed E-state index contributed by atoms with van der Waals surface area (Å²) < 4.78 is 77.0. The molecule has 2 aromatic rings. The van der Waals surface area contributed by atoms with Gasteiger partial charge in [-0.2, -0.15) is 13.2 Å². The molecule has 0 saturated carbocycles.